The van der Waals surface area contributed by atoms with Gasteiger partial charge in [-0.3, -0.25) is 4.79 Å². The molecule has 1 amide bonds. The zero-order valence-electron chi connectivity index (χ0n) is 13.0. The summed E-state index contributed by atoms with van der Waals surface area (Å²) in [4.78, 5) is 12.5. The van der Waals surface area contributed by atoms with E-state index in [1.807, 2.05) is 6.07 Å². The number of hydrogen-bond acceptors (Lipinski definition) is 3. The van der Waals surface area contributed by atoms with Crippen LogP contribution in [-0.2, 0) is 9.53 Å². The molecule has 3 unspecified atom stereocenters. The zero-order valence-corrected chi connectivity index (χ0v) is 13.0. The first kappa shape index (κ1) is 15.5. The molecular formula is C18H26N2O2. The molecule has 4 nitrogen and oxygen atoms in total. The summed E-state index contributed by atoms with van der Waals surface area (Å²) in [6.07, 6.45) is 5.13. The van der Waals surface area contributed by atoms with Crippen LogP contribution in [-0.4, -0.2) is 31.2 Å². The fraction of sp³-hybridized carbons (Fsp3) is 0.611. The van der Waals surface area contributed by atoms with Crippen molar-refractivity contribution < 1.29 is 9.53 Å². The standard InChI is InChI=1S/C18H26N2O2/c19-17(14-9-11-22-12-10-14)18(21)20-16-8-4-7-15(16)13-5-2-1-3-6-13/h1-3,5-6,14-17H,4,7-12,19H2,(H,20,21). The molecule has 120 valence electrons. The Balaban J connectivity index is 1.60. The van der Waals surface area contributed by atoms with Gasteiger partial charge in [0.1, 0.15) is 0 Å². The van der Waals surface area contributed by atoms with Gasteiger partial charge in [0.05, 0.1) is 6.04 Å². The average Bonchev–Trinajstić information content (AvgIpc) is 3.04. The van der Waals surface area contributed by atoms with E-state index in [0.717, 1.165) is 45.3 Å². The summed E-state index contributed by atoms with van der Waals surface area (Å²) in [5.41, 5.74) is 7.51. The number of carbonyl (C=O) groups excluding carboxylic acids is 1. The van der Waals surface area contributed by atoms with Gasteiger partial charge in [0, 0.05) is 25.2 Å². The van der Waals surface area contributed by atoms with Crippen molar-refractivity contribution in [2.24, 2.45) is 11.7 Å². The lowest BCUT2D eigenvalue weighted by atomic mass is 9.90. The minimum atomic E-state index is -0.402. The fourth-order valence-corrected chi connectivity index (χ4v) is 3.80. The topological polar surface area (TPSA) is 64.4 Å². The van der Waals surface area contributed by atoms with Crippen LogP contribution >= 0.6 is 0 Å². The van der Waals surface area contributed by atoms with Gasteiger partial charge in [-0.05, 0) is 37.2 Å². The van der Waals surface area contributed by atoms with E-state index in [1.165, 1.54) is 5.56 Å². The van der Waals surface area contributed by atoms with Gasteiger partial charge in [-0.2, -0.15) is 0 Å². The van der Waals surface area contributed by atoms with E-state index in [1.54, 1.807) is 0 Å². The maximum atomic E-state index is 12.5. The molecule has 3 atom stereocenters. The molecule has 4 heteroatoms. The summed E-state index contributed by atoms with van der Waals surface area (Å²) in [5, 5.41) is 3.22. The highest BCUT2D eigenvalue weighted by molar-refractivity contribution is 5.82. The number of hydrogen-bond donors (Lipinski definition) is 2. The number of ether oxygens (including phenoxy) is 1. The van der Waals surface area contributed by atoms with E-state index in [2.05, 4.69) is 29.6 Å². The normalized spacial score (nSPS) is 27.5. The van der Waals surface area contributed by atoms with Crippen LogP contribution in [0.1, 0.15) is 43.6 Å². The van der Waals surface area contributed by atoms with Crippen molar-refractivity contribution in [1.82, 2.24) is 5.32 Å². The van der Waals surface area contributed by atoms with Crippen LogP contribution in [0.3, 0.4) is 0 Å². The molecule has 0 radical (unpaired) electrons. The van der Waals surface area contributed by atoms with Gasteiger partial charge in [0.15, 0.2) is 0 Å². The SMILES string of the molecule is NC(C(=O)NC1CCCC1c1ccccc1)C1CCOCC1. The van der Waals surface area contributed by atoms with Crippen LogP contribution in [0.15, 0.2) is 30.3 Å². The molecule has 1 saturated carbocycles. The summed E-state index contributed by atoms with van der Waals surface area (Å²) >= 11 is 0. The number of nitrogens with two attached hydrogens (primary N) is 1. The molecule has 0 spiro atoms. The number of amides is 1. The van der Waals surface area contributed by atoms with Crippen molar-refractivity contribution in [3.8, 4) is 0 Å². The number of nitrogens with one attached hydrogen (secondary N) is 1. The van der Waals surface area contributed by atoms with Crippen LogP contribution in [0.25, 0.3) is 0 Å². The third-order valence-electron chi connectivity index (χ3n) is 5.15. The summed E-state index contributed by atoms with van der Waals surface area (Å²) < 4.78 is 5.35. The van der Waals surface area contributed by atoms with Gasteiger partial charge in [-0.1, -0.05) is 36.8 Å². The first-order valence-corrected chi connectivity index (χ1v) is 8.44. The average molecular weight is 302 g/mol. The molecule has 1 aliphatic heterocycles. The molecule has 2 fully saturated rings. The van der Waals surface area contributed by atoms with Crippen LogP contribution in [0.4, 0.5) is 0 Å². The Morgan fingerprint density at radius 3 is 2.59 bits per heavy atom. The third-order valence-corrected chi connectivity index (χ3v) is 5.15. The maximum Gasteiger partial charge on any atom is 0.237 e. The molecule has 22 heavy (non-hydrogen) atoms. The van der Waals surface area contributed by atoms with E-state index < -0.39 is 6.04 Å². The predicted molar refractivity (Wildman–Crippen MR) is 86.5 cm³/mol. The smallest absolute Gasteiger partial charge is 0.237 e. The Hall–Kier alpha value is -1.39. The second kappa shape index (κ2) is 7.25. The first-order valence-electron chi connectivity index (χ1n) is 8.44. The Morgan fingerprint density at radius 2 is 1.86 bits per heavy atom. The lowest BCUT2D eigenvalue weighted by Crippen LogP contribution is -2.50. The van der Waals surface area contributed by atoms with Gasteiger partial charge < -0.3 is 15.8 Å². The quantitative estimate of drug-likeness (QED) is 0.896. The van der Waals surface area contributed by atoms with Gasteiger partial charge in [0.2, 0.25) is 5.91 Å². The Kier molecular flexibility index (Phi) is 5.11. The number of benzene rings is 1. The molecule has 0 bridgehead atoms. The van der Waals surface area contributed by atoms with E-state index in [0.29, 0.717) is 5.92 Å². The molecule has 2 aliphatic rings. The second-order valence-corrected chi connectivity index (χ2v) is 6.54. The van der Waals surface area contributed by atoms with Crippen LogP contribution in [0.2, 0.25) is 0 Å². The molecule has 1 heterocycles. The molecule has 0 aromatic heterocycles. The highest BCUT2D eigenvalue weighted by atomic mass is 16.5. The van der Waals surface area contributed by atoms with Crippen LogP contribution < -0.4 is 11.1 Å². The van der Waals surface area contributed by atoms with Crippen LogP contribution in [0.5, 0.6) is 0 Å². The molecule has 1 saturated heterocycles. The summed E-state index contributed by atoms with van der Waals surface area (Å²) in [6, 6.07) is 10.3. The summed E-state index contributed by atoms with van der Waals surface area (Å²) in [6.45, 7) is 1.45. The molecule has 1 aromatic carbocycles. The lowest BCUT2D eigenvalue weighted by molar-refractivity contribution is -0.125. The Bertz CT molecular complexity index is 485. The summed E-state index contributed by atoms with van der Waals surface area (Å²) in [5.74, 6) is 0.692. The van der Waals surface area contributed by atoms with E-state index in [-0.39, 0.29) is 17.9 Å². The molecular weight excluding hydrogens is 276 g/mol. The second-order valence-electron chi connectivity index (χ2n) is 6.54. The highest BCUT2D eigenvalue weighted by Crippen LogP contribution is 2.34. The molecule has 3 N–H and O–H groups in total. The van der Waals surface area contributed by atoms with Gasteiger partial charge in [-0.15, -0.1) is 0 Å². The summed E-state index contributed by atoms with van der Waals surface area (Å²) in [7, 11) is 0. The van der Waals surface area contributed by atoms with Crippen molar-refractivity contribution >= 4 is 5.91 Å². The molecule has 1 aromatic rings. The Labute approximate surface area is 132 Å². The molecule has 1 aliphatic carbocycles. The van der Waals surface area contributed by atoms with Crippen molar-refractivity contribution in [3.05, 3.63) is 35.9 Å². The van der Waals surface area contributed by atoms with Crippen LogP contribution in [0, 0.1) is 5.92 Å². The van der Waals surface area contributed by atoms with Crippen molar-refractivity contribution in [2.75, 3.05) is 13.2 Å². The van der Waals surface area contributed by atoms with E-state index >= 15 is 0 Å². The van der Waals surface area contributed by atoms with Crippen molar-refractivity contribution in [1.29, 1.82) is 0 Å². The number of carbonyl (C=O) groups is 1. The van der Waals surface area contributed by atoms with Crippen molar-refractivity contribution in [3.63, 3.8) is 0 Å². The molecule has 3 rings (SSSR count). The lowest BCUT2D eigenvalue weighted by Gasteiger charge is -2.29. The number of rotatable bonds is 4. The van der Waals surface area contributed by atoms with Crippen molar-refractivity contribution in [2.45, 2.75) is 50.1 Å². The van der Waals surface area contributed by atoms with Gasteiger partial charge in [-0.25, -0.2) is 0 Å². The third kappa shape index (κ3) is 3.50. The zero-order chi connectivity index (χ0) is 15.4. The van der Waals surface area contributed by atoms with E-state index in [4.69, 9.17) is 10.5 Å². The monoisotopic (exact) mass is 302 g/mol. The van der Waals surface area contributed by atoms with E-state index in [9.17, 15) is 4.79 Å². The fourth-order valence-electron chi connectivity index (χ4n) is 3.80. The Morgan fingerprint density at radius 1 is 1.14 bits per heavy atom. The minimum absolute atomic E-state index is 0.0136. The van der Waals surface area contributed by atoms with Gasteiger partial charge >= 0.3 is 0 Å². The highest BCUT2D eigenvalue weighted by Gasteiger charge is 2.33. The first-order chi connectivity index (χ1) is 10.8. The minimum Gasteiger partial charge on any atom is -0.381 e. The van der Waals surface area contributed by atoms with Gasteiger partial charge in [0.25, 0.3) is 0 Å². The predicted octanol–water partition coefficient (Wildman–Crippen LogP) is 2.19. The maximum absolute atomic E-state index is 12.5. The largest absolute Gasteiger partial charge is 0.381 e.